The van der Waals surface area contributed by atoms with Crippen molar-refractivity contribution in [3.8, 4) is 0 Å². The molecular weight excluding hydrogens is 338 g/mol. The molecule has 27 heavy (non-hydrogen) atoms. The predicted molar refractivity (Wildman–Crippen MR) is 107 cm³/mol. The summed E-state index contributed by atoms with van der Waals surface area (Å²) in [5, 5.41) is 7.97. The molecule has 5 heteroatoms. The molecule has 0 aliphatic carbocycles. The Hall–Kier alpha value is -2.66. The smallest absolute Gasteiger partial charge is 0.226 e. The molecule has 0 spiro atoms. The van der Waals surface area contributed by atoms with Crippen LogP contribution in [-0.2, 0) is 17.8 Å². The minimum Gasteiger partial charge on any atom is -0.356 e. The molecule has 0 unspecified atom stereocenters. The van der Waals surface area contributed by atoms with Crippen molar-refractivity contribution in [2.24, 2.45) is 0 Å². The van der Waals surface area contributed by atoms with Crippen molar-refractivity contribution in [3.63, 3.8) is 0 Å². The number of hydrogen-bond acceptors (Lipinski definition) is 4. The van der Waals surface area contributed by atoms with Gasteiger partial charge in [-0.05, 0) is 37.6 Å². The van der Waals surface area contributed by atoms with E-state index in [4.69, 9.17) is 4.52 Å². The molecule has 0 bridgehead atoms. The third kappa shape index (κ3) is 5.41. The number of benzene rings is 2. The summed E-state index contributed by atoms with van der Waals surface area (Å²) in [6, 6.07) is 16.4. The summed E-state index contributed by atoms with van der Waals surface area (Å²) in [7, 11) is 0. The Labute approximate surface area is 160 Å². The van der Waals surface area contributed by atoms with Crippen molar-refractivity contribution < 1.29 is 9.32 Å². The van der Waals surface area contributed by atoms with E-state index in [1.54, 1.807) is 0 Å². The highest BCUT2D eigenvalue weighted by Gasteiger charge is 2.12. The summed E-state index contributed by atoms with van der Waals surface area (Å²) in [6.45, 7) is 7.74. The van der Waals surface area contributed by atoms with Crippen LogP contribution in [0.5, 0.6) is 0 Å². The van der Waals surface area contributed by atoms with Gasteiger partial charge in [0.15, 0.2) is 5.58 Å². The summed E-state index contributed by atoms with van der Waals surface area (Å²) in [5.74, 6) is -0.0159. The van der Waals surface area contributed by atoms with Gasteiger partial charge in [-0.2, -0.15) is 0 Å². The van der Waals surface area contributed by atoms with Crippen LogP contribution in [0.25, 0.3) is 11.0 Å². The molecule has 1 heterocycles. The van der Waals surface area contributed by atoms with Gasteiger partial charge < -0.3 is 9.84 Å². The summed E-state index contributed by atoms with van der Waals surface area (Å²) in [5.41, 5.74) is 3.87. The van der Waals surface area contributed by atoms with Crippen molar-refractivity contribution in [1.82, 2.24) is 15.4 Å². The van der Waals surface area contributed by atoms with Gasteiger partial charge >= 0.3 is 0 Å². The Morgan fingerprint density at radius 2 is 2.00 bits per heavy atom. The number of aromatic nitrogens is 1. The molecule has 2 aromatic carbocycles. The third-order valence-corrected chi connectivity index (χ3v) is 4.70. The molecule has 0 radical (unpaired) electrons. The average Bonchev–Trinajstić information content (AvgIpc) is 3.07. The van der Waals surface area contributed by atoms with E-state index in [1.165, 1.54) is 5.56 Å². The second kappa shape index (κ2) is 9.33. The number of carbonyl (C=O) groups is 1. The van der Waals surface area contributed by atoms with E-state index in [2.05, 4.69) is 46.6 Å². The van der Waals surface area contributed by atoms with E-state index in [0.29, 0.717) is 12.2 Å². The molecule has 0 saturated carbocycles. The molecule has 0 saturated heterocycles. The zero-order chi connectivity index (χ0) is 19.1. The maximum atomic E-state index is 12.2. The Morgan fingerprint density at radius 1 is 1.19 bits per heavy atom. The maximum absolute atomic E-state index is 12.2. The van der Waals surface area contributed by atoms with Crippen molar-refractivity contribution in [2.75, 3.05) is 19.6 Å². The van der Waals surface area contributed by atoms with Gasteiger partial charge in [0.05, 0.1) is 6.42 Å². The minimum absolute atomic E-state index is 0.0159. The highest BCUT2D eigenvalue weighted by molar-refractivity contribution is 5.86. The van der Waals surface area contributed by atoms with E-state index in [1.807, 2.05) is 31.2 Å². The maximum Gasteiger partial charge on any atom is 0.226 e. The van der Waals surface area contributed by atoms with Gasteiger partial charge in [0.1, 0.15) is 5.69 Å². The topological polar surface area (TPSA) is 58.4 Å². The van der Waals surface area contributed by atoms with E-state index < -0.39 is 0 Å². The second-order valence-electron chi connectivity index (χ2n) is 6.86. The van der Waals surface area contributed by atoms with Gasteiger partial charge in [0, 0.05) is 25.0 Å². The molecule has 0 aliphatic rings. The van der Waals surface area contributed by atoms with Crippen LogP contribution in [0.1, 0.15) is 30.2 Å². The van der Waals surface area contributed by atoms with Crippen molar-refractivity contribution >= 4 is 16.9 Å². The van der Waals surface area contributed by atoms with Gasteiger partial charge in [0.2, 0.25) is 5.91 Å². The van der Waals surface area contributed by atoms with Crippen LogP contribution in [0.3, 0.4) is 0 Å². The summed E-state index contributed by atoms with van der Waals surface area (Å²) >= 11 is 0. The van der Waals surface area contributed by atoms with Gasteiger partial charge in [-0.3, -0.25) is 9.69 Å². The molecule has 1 amide bonds. The summed E-state index contributed by atoms with van der Waals surface area (Å²) in [6.07, 6.45) is 1.17. The quantitative estimate of drug-likeness (QED) is 0.587. The minimum atomic E-state index is -0.0159. The normalized spacial score (nSPS) is 11.2. The lowest BCUT2D eigenvalue weighted by atomic mass is 10.1. The van der Waals surface area contributed by atoms with Crippen LogP contribution in [0.4, 0.5) is 0 Å². The standard InChI is InChI=1S/C22H27N3O2/c1-3-25(16-18-8-5-4-6-9-18)13-7-12-23-22(26)15-20-19-14-17(2)10-11-21(19)27-24-20/h4-6,8-11,14H,3,7,12-13,15-16H2,1-2H3,(H,23,26). The molecule has 1 N–H and O–H groups in total. The fourth-order valence-corrected chi connectivity index (χ4v) is 3.17. The number of fused-ring (bicyclic) bond motifs is 1. The fraction of sp³-hybridized carbons (Fsp3) is 0.364. The Balaban J connectivity index is 1.43. The Morgan fingerprint density at radius 3 is 2.78 bits per heavy atom. The molecule has 142 valence electrons. The lowest BCUT2D eigenvalue weighted by Crippen LogP contribution is -2.30. The largest absolute Gasteiger partial charge is 0.356 e. The van der Waals surface area contributed by atoms with Crippen molar-refractivity contribution in [2.45, 2.75) is 33.2 Å². The van der Waals surface area contributed by atoms with Gasteiger partial charge in [-0.1, -0.05) is 54.0 Å². The molecule has 5 nitrogen and oxygen atoms in total. The van der Waals surface area contributed by atoms with Crippen LogP contribution >= 0.6 is 0 Å². The number of aryl methyl sites for hydroxylation is 1. The molecule has 0 aliphatic heterocycles. The van der Waals surface area contributed by atoms with Crippen LogP contribution in [0.15, 0.2) is 53.1 Å². The number of nitrogens with zero attached hydrogens (tertiary/aromatic N) is 2. The SMILES string of the molecule is CCN(CCCNC(=O)Cc1noc2ccc(C)cc12)Cc1ccccc1. The van der Waals surface area contributed by atoms with Gasteiger partial charge in [-0.15, -0.1) is 0 Å². The van der Waals surface area contributed by atoms with Crippen LogP contribution < -0.4 is 5.32 Å². The van der Waals surface area contributed by atoms with E-state index in [-0.39, 0.29) is 12.3 Å². The van der Waals surface area contributed by atoms with Crippen molar-refractivity contribution in [3.05, 3.63) is 65.4 Å². The highest BCUT2D eigenvalue weighted by Crippen LogP contribution is 2.20. The van der Waals surface area contributed by atoms with E-state index in [0.717, 1.165) is 42.6 Å². The van der Waals surface area contributed by atoms with Gasteiger partial charge in [0.25, 0.3) is 0 Å². The third-order valence-electron chi connectivity index (χ3n) is 4.70. The lowest BCUT2D eigenvalue weighted by Gasteiger charge is -2.20. The summed E-state index contributed by atoms with van der Waals surface area (Å²) < 4.78 is 5.30. The first-order valence-electron chi connectivity index (χ1n) is 9.53. The van der Waals surface area contributed by atoms with Crippen LogP contribution in [0.2, 0.25) is 0 Å². The first-order valence-corrected chi connectivity index (χ1v) is 9.53. The Bertz CT molecular complexity index is 874. The molecule has 0 atom stereocenters. The fourth-order valence-electron chi connectivity index (χ4n) is 3.17. The number of hydrogen-bond donors (Lipinski definition) is 1. The number of rotatable bonds is 9. The van der Waals surface area contributed by atoms with Crippen molar-refractivity contribution in [1.29, 1.82) is 0 Å². The molecule has 1 aromatic heterocycles. The molecule has 3 aromatic rings. The monoisotopic (exact) mass is 365 g/mol. The average molecular weight is 365 g/mol. The van der Waals surface area contributed by atoms with Crippen LogP contribution in [-0.4, -0.2) is 35.6 Å². The van der Waals surface area contributed by atoms with Gasteiger partial charge in [-0.25, -0.2) is 0 Å². The molecular formula is C22H27N3O2. The number of carbonyl (C=O) groups excluding carboxylic acids is 1. The highest BCUT2D eigenvalue weighted by atomic mass is 16.5. The Kier molecular flexibility index (Phi) is 6.60. The number of amides is 1. The first-order chi connectivity index (χ1) is 13.2. The molecule has 0 fully saturated rings. The molecule has 3 rings (SSSR count). The predicted octanol–water partition coefficient (Wildman–Crippen LogP) is 3.71. The van der Waals surface area contributed by atoms with Crippen LogP contribution in [0, 0.1) is 6.92 Å². The lowest BCUT2D eigenvalue weighted by molar-refractivity contribution is -0.120. The summed E-state index contributed by atoms with van der Waals surface area (Å²) in [4.78, 5) is 14.6. The number of nitrogens with one attached hydrogen (secondary N) is 1. The first kappa shape index (κ1) is 19.1. The second-order valence-corrected chi connectivity index (χ2v) is 6.86. The van der Waals surface area contributed by atoms with E-state index in [9.17, 15) is 4.79 Å². The van der Waals surface area contributed by atoms with E-state index >= 15 is 0 Å². The zero-order valence-electron chi connectivity index (χ0n) is 16.1. The zero-order valence-corrected chi connectivity index (χ0v) is 16.1.